The van der Waals surface area contributed by atoms with Crippen molar-refractivity contribution in [1.82, 2.24) is 0 Å². The third-order valence-corrected chi connectivity index (χ3v) is 3.00. The molecule has 1 heterocycles. The number of rotatable bonds is 2. The van der Waals surface area contributed by atoms with Gasteiger partial charge in [0.1, 0.15) is 0 Å². The maximum absolute atomic E-state index is 10.9. The van der Waals surface area contributed by atoms with Gasteiger partial charge in [-0.05, 0) is 31.0 Å². The Balaban J connectivity index is 2.56. The predicted molar refractivity (Wildman–Crippen MR) is 58.4 cm³/mol. The lowest BCUT2D eigenvalue weighted by Gasteiger charge is -2.13. The van der Waals surface area contributed by atoms with Crippen LogP contribution in [0.1, 0.15) is 24.0 Å². The van der Waals surface area contributed by atoms with Gasteiger partial charge in [-0.15, -0.1) is 0 Å². The van der Waals surface area contributed by atoms with E-state index in [2.05, 4.69) is 0 Å². The largest absolute Gasteiger partial charge is 0.481 e. The third kappa shape index (κ3) is 1.59. The molecule has 0 amide bonds. The summed E-state index contributed by atoms with van der Waals surface area (Å²) in [5.74, 6) is -0.457. The number of carboxylic acid groups (broad SMARTS) is 1. The Morgan fingerprint density at radius 1 is 1.50 bits per heavy atom. The second-order valence-electron chi connectivity index (χ2n) is 3.70. The summed E-state index contributed by atoms with van der Waals surface area (Å²) in [4.78, 5) is 10.9. The molecule has 0 spiro atoms. The van der Waals surface area contributed by atoms with Crippen LogP contribution in [-0.2, 0) is 4.79 Å². The van der Waals surface area contributed by atoms with Gasteiger partial charge in [0.15, 0.2) is 11.5 Å². The van der Waals surface area contributed by atoms with Crippen LogP contribution >= 0.6 is 11.6 Å². The second kappa shape index (κ2) is 3.87. The minimum absolute atomic E-state index is 0.126. The van der Waals surface area contributed by atoms with E-state index in [0.717, 1.165) is 5.56 Å². The number of hydrogen-bond acceptors (Lipinski definition) is 3. The Labute approximate surface area is 97.7 Å². The zero-order chi connectivity index (χ0) is 11.9. The van der Waals surface area contributed by atoms with Gasteiger partial charge in [-0.2, -0.15) is 0 Å². The number of hydrogen-bond donors (Lipinski definition) is 1. The maximum atomic E-state index is 10.9. The molecule has 0 bridgehead atoms. The monoisotopic (exact) mass is 242 g/mol. The molecule has 5 heteroatoms. The summed E-state index contributed by atoms with van der Waals surface area (Å²) < 4.78 is 10.5. The van der Waals surface area contributed by atoms with Gasteiger partial charge < -0.3 is 14.6 Å². The highest BCUT2D eigenvalue weighted by molar-refractivity contribution is 6.32. The standard InChI is InChI=1S/C11H11ClO4/c1-5-7(6(2)11(13)14)3-8(12)10-9(5)15-4-16-10/h3,6H,4H2,1-2H3,(H,13,14). The van der Waals surface area contributed by atoms with Crippen molar-refractivity contribution in [2.75, 3.05) is 6.79 Å². The summed E-state index contributed by atoms with van der Waals surface area (Å²) >= 11 is 6.00. The van der Waals surface area contributed by atoms with E-state index in [-0.39, 0.29) is 6.79 Å². The molecule has 1 aromatic rings. The average molecular weight is 243 g/mol. The molecule has 0 saturated carbocycles. The zero-order valence-electron chi connectivity index (χ0n) is 8.91. The van der Waals surface area contributed by atoms with E-state index in [9.17, 15) is 4.79 Å². The first-order valence-corrected chi connectivity index (χ1v) is 5.21. The summed E-state index contributed by atoms with van der Waals surface area (Å²) in [6, 6.07) is 1.63. The first-order valence-electron chi connectivity index (χ1n) is 4.83. The van der Waals surface area contributed by atoms with Gasteiger partial charge in [0.25, 0.3) is 0 Å². The van der Waals surface area contributed by atoms with Crippen molar-refractivity contribution >= 4 is 17.6 Å². The van der Waals surface area contributed by atoms with Gasteiger partial charge in [0.2, 0.25) is 6.79 Å². The topological polar surface area (TPSA) is 55.8 Å². The van der Waals surface area contributed by atoms with Gasteiger partial charge in [-0.1, -0.05) is 11.6 Å². The summed E-state index contributed by atoms with van der Waals surface area (Å²) in [5.41, 5.74) is 1.42. The van der Waals surface area contributed by atoms with E-state index in [4.69, 9.17) is 26.2 Å². The van der Waals surface area contributed by atoms with Crippen LogP contribution in [0.25, 0.3) is 0 Å². The van der Waals surface area contributed by atoms with E-state index in [1.165, 1.54) is 0 Å². The Morgan fingerprint density at radius 2 is 2.12 bits per heavy atom. The molecule has 1 aliphatic heterocycles. The van der Waals surface area contributed by atoms with Crippen LogP contribution in [0.2, 0.25) is 5.02 Å². The Hall–Kier alpha value is -1.42. The van der Waals surface area contributed by atoms with Crippen LogP contribution in [0.5, 0.6) is 11.5 Å². The highest BCUT2D eigenvalue weighted by atomic mass is 35.5. The smallest absolute Gasteiger partial charge is 0.310 e. The number of carboxylic acids is 1. The number of halogens is 1. The Bertz CT molecular complexity index is 456. The molecule has 2 rings (SSSR count). The van der Waals surface area contributed by atoms with Gasteiger partial charge in [0, 0.05) is 0 Å². The number of carbonyl (C=O) groups is 1. The molecular weight excluding hydrogens is 232 g/mol. The van der Waals surface area contributed by atoms with Crippen molar-refractivity contribution in [1.29, 1.82) is 0 Å². The highest BCUT2D eigenvalue weighted by Crippen LogP contribution is 2.44. The quantitative estimate of drug-likeness (QED) is 0.866. The third-order valence-electron chi connectivity index (χ3n) is 2.72. The number of aliphatic carboxylic acids is 1. The van der Waals surface area contributed by atoms with Crippen LogP contribution < -0.4 is 9.47 Å². The minimum atomic E-state index is -0.891. The van der Waals surface area contributed by atoms with Crippen molar-refractivity contribution in [3.05, 3.63) is 22.2 Å². The molecule has 0 aliphatic carbocycles. The van der Waals surface area contributed by atoms with Crippen LogP contribution in [0.4, 0.5) is 0 Å². The van der Waals surface area contributed by atoms with Crippen LogP contribution in [0, 0.1) is 6.92 Å². The van der Waals surface area contributed by atoms with Crippen LogP contribution in [0.3, 0.4) is 0 Å². The zero-order valence-corrected chi connectivity index (χ0v) is 9.67. The molecule has 1 aromatic carbocycles. The molecule has 1 aliphatic rings. The fourth-order valence-electron chi connectivity index (χ4n) is 1.76. The normalized spacial score (nSPS) is 14.9. The van der Waals surface area contributed by atoms with Crippen LogP contribution in [0.15, 0.2) is 6.07 Å². The summed E-state index contributed by atoms with van der Waals surface area (Å²) in [5, 5.41) is 9.37. The molecule has 1 N–H and O–H groups in total. The molecule has 0 radical (unpaired) electrons. The maximum Gasteiger partial charge on any atom is 0.310 e. The molecular formula is C11H11ClO4. The molecule has 86 valence electrons. The van der Waals surface area contributed by atoms with E-state index >= 15 is 0 Å². The van der Waals surface area contributed by atoms with E-state index < -0.39 is 11.9 Å². The molecule has 0 saturated heterocycles. The first kappa shape index (κ1) is 11.1. The van der Waals surface area contributed by atoms with Crippen molar-refractivity contribution in [3.63, 3.8) is 0 Å². The molecule has 16 heavy (non-hydrogen) atoms. The molecule has 4 nitrogen and oxygen atoms in total. The lowest BCUT2D eigenvalue weighted by atomic mass is 9.95. The second-order valence-corrected chi connectivity index (χ2v) is 4.10. The lowest BCUT2D eigenvalue weighted by Crippen LogP contribution is -2.09. The molecule has 1 unspecified atom stereocenters. The van der Waals surface area contributed by atoms with Gasteiger partial charge in [-0.3, -0.25) is 4.79 Å². The van der Waals surface area contributed by atoms with E-state index in [0.29, 0.717) is 22.1 Å². The Morgan fingerprint density at radius 3 is 2.75 bits per heavy atom. The van der Waals surface area contributed by atoms with Crippen LogP contribution in [-0.4, -0.2) is 17.9 Å². The molecule has 0 aromatic heterocycles. The minimum Gasteiger partial charge on any atom is -0.481 e. The van der Waals surface area contributed by atoms with E-state index in [1.54, 1.807) is 19.9 Å². The first-order chi connectivity index (χ1) is 7.52. The summed E-state index contributed by atoms with van der Waals surface area (Å²) in [6.07, 6.45) is 0. The van der Waals surface area contributed by atoms with Crippen molar-refractivity contribution in [2.24, 2.45) is 0 Å². The van der Waals surface area contributed by atoms with Crippen molar-refractivity contribution < 1.29 is 19.4 Å². The fourth-order valence-corrected chi connectivity index (χ4v) is 2.02. The van der Waals surface area contributed by atoms with Gasteiger partial charge >= 0.3 is 5.97 Å². The van der Waals surface area contributed by atoms with Gasteiger partial charge in [0.05, 0.1) is 10.9 Å². The predicted octanol–water partition coefficient (Wildman–Crippen LogP) is 2.57. The molecule has 1 atom stereocenters. The average Bonchev–Trinajstić information content (AvgIpc) is 2.71. The Kier molecular flexibility index (Phi) is 2.68. The summed E-state index contributed by atoms with van der Waals surface area (Å²) in [6.45, 7) is 3.54. The number of fused-ring (bicyclic) bond motifs is 1. The summed E-state index contributed by atoms with van der Waals surface area (Å²) in [7, 11) is 0. The fraction of sp³-hybridized carbons (Fsp3) is 0.364. The van der Waals surface area contributed by atoms with Crippen molar-refractivity contribution in [3.8, 4) is 11.5 Å². The molecule has 0 fully saturated rings. The van der Waals surface area contributed by atoms with Gasteiger partial charge in [-0.25, -0.2) is 0 Å². The van der Waals surface area contributed by atoms with E-state index in [1.807, 2.05) is 0 Å². The number of benzene rings is 1. The SMILES string of the molecule is Cc1c(C(C)C(=O)O)cc(Cl)c2c1OCO2. The number of ether oxygens (including phenoxy) is 2. The van der Waals surface area contributed by atoms with Crippen molar-refractivity contribution in [2.45, 2.75) is 19.8 Å². The lowest BCUT2D eigenvalue weighted by molar-refractivity contribution is -0.138. The highest BCUT2D eigenvalue weighted by Gasteiger charge is 2.26.